The van der Waals surface area contributed by atoms with Crippen LogP contribution in [0.4, 0.5) is 0 Å². The van der Waals surface area contributed by atoms with Crippen LogP contribution in [-0.2, 0) is 0 Å². The minimum atomic E-state index is 0.102. The number of thioether (sulfide) groups is 1. The largest absolute Gasteiger partial charge is 0.306 e. The molecule has 4 N–H and O–H groups in total. The van der Waals surface area contributed by atoms with Crippen molar-refractivity contribution in [3.63, 3.8) is 0 Å². The maximum atomic E-state index is 5.32. The number of hydrogen-bond acceptors (Lipinski definition) is 4. The van der Waals surface area contributed by atoms with Gasteiger partial charge in [-0.2, -0.15) is 0 Å². The highest BCUT2D eigenvalue weighted by molar-refractivity contribution is 7.99. The fourth-order valence-corrected chi connectivity index (χ4v) is 0.828. The number of nitrogens with two attached hydrogens (primary N) is 1. The van der Waals surface area contributed by atoms with Crippen molar-refractivity contribution in [1.82, 2.24) is 10.9 Å². The van der Waals surface area contributed by atoms with Crippen molar-refractivity contribution in [3.8, 4) is 0 Å². The van der Waals surface area contributed by atoms with Crippen LogP contribution in [0.3, 0.4) is 0 Å². The lowest BCUT2D eigenvalue weighted by atomic mass is 11.2. The lowest BCUT2D eigenvalue weighted by Crippen LogP contribution is -2.35. The molecule has 0 aromatic carbocycles. The van der Waals surface area contributed by atoms with Crippen molar-refractivity contribution in [1.29, 1.82) is 0 Å². The molecule has 3 nitrogen and oxygen atoms in total. The van der Waals surface area contributed by atoms with Gasteiger partial charge in [-0.15, -0.1) is 11.8 Å². The summed E-state index contributed by atoms with van der Waals surface area (Å²) >= 11 is 1.65. The predicted octanol–water partition coefficient (Wildman–Crippen LogP) is -0.973. The van der Waals surface area contributed by atoms with Crippen LogP contribution in [0.5, 0.6) is 0 Å². The molecular formula is C2H7N3S. The lowest BCUT2D eigenvalue weighted by Gasteiger charge is -1.94. The first kappa shape index (κ1) is 4.39. The monoisotopic (exact) mass is 105 g/mol. The average Bonchev–Trinajstić information content (AvgIpc) is 1.86. The number of hydrazine groups is 1. The molecule has 1 rings (SSSR count). The second kappa shape index (κ2) is 1.79. The van der Waals surface area contributed by atoms with Gasteiger partial charge in [0.25, 0.3) is 0 Å². The molecule has 0 saturated carbocycles. The fraction of sp³-hybridized carbons (Fsp3) is 1.00. The van der Waals surface area contributed by atoms with E-state index in [0.29, 0.717) is 0 Å². The van der Waals surface area contributed by atoms with E-state index in [4.69, 9.17) is 5.73 Å². The first-order chi connectivity index (χ1) is 2.89. The third-order valence-electron chi connectivity index (χ3n) is 0.579. The molecule has 0 aliphatic carbocycles. The Kier molecular flexibility index (Phi) is 1.31. The van der Waals surface area contributed by atoms with Crippen molar-refractivity contribution < 1.29 is 0 Å². The molecule has 0 spiro atoms. The Balaban J connectivity index is 2.18. The molecule has 1 saturated heterocycles. The first-order valence-electron chi connectivity index (χ1n) is 1.75. The van der Waals surface area contributed by atoms with E-state index in [1.165, 1.54) is 0 Å². The van der Waals surface area contributed by atoms with Crippen LogP contribution in [-0.4, -0.2) is 11.4 Å². The van der Waals surface area contributed by atoms with Crippen molar-refractivity contribution in [2.45, 2.75) is 5.50 Å². The molecule has 1 unspecified atom stereocenters. The van der Waals surface area contributed by atoms with Crippen LogP contribution in [0.25, 0.3) is 0 Å². The van der Waals surface area contributed by atoms with Crippen LogP contribution >= 0.6 is 11.8 Å². The molecule has 1 fully saturated rings. The molecular weight excluding hydrogens is 98.1 g/mol. The van der Waals surface area contributed by atoms with E-state index < -0.39 is 0 Å². The zero-order valence-corrected chi connectivity index (χ0v) is 4.09. The minimum absolute atomic E-state index is 0.102. The maximum Gasteiger partial charge on any atom is 0.117 e. The highest BCUT2D eigenvalue weighted by atomic mass is 32.2. The van der Waals surface area contributed by atoms with Crippen LogP contribution in [0, 0.1) is 0 Å². The summed E-state index contributed by atoms with van der Waals surface area (Å²) < 4.78 is 0. The second-order valence-corrected chi connectivity index (χ2v) is 2.18. The Morgan fingerprint density at radius 2 is 2.67 bits per heavy atom. The van der Waals surface area contributed by atoms with E-state index in [1.54, 1.807) is 11.8 Å². The molecule has 1 atom stereocenters. The van der Waals surface area contributed by atoms with Gasteiger partial charge in [-0.25, -0.2) is 10.9 Å². The molecule has 1 aliphatic rings. The Morgan fingerprint density at radius 1 is 1.83 bits per heavy atom. The summed E-state index contributed by atoms with van der Waals surface area (Å²) in [7, 11) is 0. The first-order valence-corrected chi connectivity index (χ1v) is 2.80. The Morgan fingerprint density at radius 3 is 2.83 bits per heavy atom. The quantitative estimate of drug-likeness (QED) is 0.371. The van der Waals surface area contributed by atoms with Crippen LogP contribution in [0.1, 0.15) is 0 Å². The van der Waals surface area contributed by atoms with E-state index in [0.717, 1.165) is 5.88 Å². The van der Waals surface area contributed by atoms with Gasteiger partial charge in [0.15, 0.2) is 0 Å². The standard InChI is InChI=1S/C2H7N3S/c3-2-5-4-1-6-2/h2,4-5H,1,3H2. The number of nitrogens with one attached hydrogen (secondary N) is 2. The van der Waals surface area contributed by atoms with Gasteiger partial charge < -0.3 is 5.73 Å². The Labute approximate surface area is 40.6 Å². The zero-order chi connectivity index (χ0) is 4.41. The maximum absolute atomic E-state index is 5.32. The SMILES string of the molecule is NC1NNCS1. The predicted molar refractivity (Wildman–Crippen MR) is 26.7 cm³/mol. The normalized spacial score (nSPS) is 34.5. The third kappa shape index (κ3) is 0.844. The van der Waals surface area contributed by atoms with Gasteiger partial charge in [-0.05, 0) is 0 Å². The highest BCUT2D eigenvalue weighted by Crippen LogP contribution is 2.02. The van der Waals surface area contributed by atoms with E-state index in [9.17, 15) is 0 Å². The lowest BCUT2D eigenvalue weighted by molar-refractivity contribution is 0.604. The zero-order valence-electron chi connectivity index (χ0n) is 3.27. The summed E-state index contributed by atoms with van der Waals surface area (Å²) in [6.45, 7) is 0. The summed E-state index contributed by atoms with van der Waals surface area (Å²) in [5, 5.41) is 0. The topological polar surface area (TPSA) is 50.1 Å². The fourth-order valence-electron chi connectivity index (χ4n) is 0.315. The highest BCUT2D eigenvalue weighted by Gasteiger charge is 2.05. The number of hydrogen-bond donors (Lipinski definition) is 3. The minimum Gasteiger partial charge on any atom is -0.306 e. The van der Waals surface area contributed by atoms with Crippen molar-refractivity contribution in [2.75, 3.05) is 5.88 Å². The van der Waals surface area contributed by atoms with Gasteiger partial charge in [0.1, 0.15) is 5.50 Å². The third-order valence-corrected chi connectivity index (χ3v) is 1.37. The molecule has 4 heteroatoms. The molecule has 1 heterocycles. The van der Waals surface area contributed by atoms with E-state index in [-0.39, 0.29) is 5.50 Å². The summed E-state index contributed by atoms with van der Waals surface area (Å²) in [5.74, 6) is 0.918. The van der Waals surface area contributed by atoms with Crippen LogP contribution in [0.2, 0.25) is 0 Å². The molecule has 1 aliphatic heterocycles. The summed E-state index contributed by atoms with van der Waals surface area (Å²) in [4.78, 5) is 0. The van der Waals surface area contributed by atoms with Gasteiger partial charge in [0, 0.05) is 0 Å². The summed E-state index contributed by atoms with van der Waals surface area (Å²) in [5.41, 5.74) is 11.1. The second-order valence-electron chi connectivity index (χ2n) is 1.05. The van der Waals surface area contributed by atoms with Crippen molar-refractivity contribution in [3.05, 3.63) is 0 Å². The van der Waals surface area contributed by atoms with Crippen LogP contribution < -0.4 is 16.6 Å². The molecule has 36 valence electrons. The van der Waals surface area contributed by atoms with Gasteiger partial charge in [-0.1, -0.05) is 0 Å². The van der Waals surface area contributed by atoms with Crippen LogP contribution in [0.15, 0.2) is 0 Å². The molecule has 0 amide bonds. The van der Waals surface area contributed by atoms with Gasteiger partial charge in [0.2, 0.25) is 0 Å². The molecule has 0 aromatic heterocycles. The Hall–Kier alpha value is 0.230. The number of rotatable bonds is 0. The molecule has 0 aromatic rings. The van der Waals surface area contributed by atoms with Crippen molar-refractivity contribution >= 4 is 11.8 Å². The van der Waals surface area contributed by atoms with E-state index >= 15 is 0 Å². The van der Waals surface area contributed by atoms with Gasteiger partial charge in [0.05, 0.1) is 5.88 Å². The van der Waals surface area contributed by atoms with Crippen molar-refractivity contribution in [2.24, 2.45) is 5.73 Å². The smallest absolute Gasteiger partial charge is 0.117 e. The van der Waals surface area contributed by atoms with Gasteiger partial charge >= 0.3 is 0 Å². The Bertz CT molecular complexity index is 42.1. The average molecular weight is 105 g/mol. The summed E-state index contributed by atoms with van der Waals surface area (Å²) in [6.07, 6.45) is 0. The van der Waals surface area contributed by atoms with E-state index in [2.05, 4.69) is 10.9 Å². The molecule has 6 heavy (non-hydrogen) atoms. The van der Waals surface area contributed by atoms with E-state index in [1.807, 2.05) is 0 Å². The molecule has 0 radical (unpaired) electrons. The van der Waals surface area contributed by atoms with Gasteiger partial charge in [-0.3, -0.25) is 0 Å². The summed E-state index contributed by atoms with van der Waals surface area (Å²) in [6, 6.07) is 0. The molecule has 0 bridgehead atoms.